The molecule has 1 saturated carbocycles. The molecule has 0 aliphatic heterocycles. The summed E-state index contributed by atoms with van der Waals surface area (Å²) < 4.78 is 14.1. The minimum Gasteiger partial charge on any atom is -0.351 e. The fraction of sp³-hybridized carbons (Fsp3) is 0.304. The van der Waals surface area contributed by atoms with Crippen molar-refractivity contribution in [3.8, 4) is 11.1 Å². The molecule has 1 aliphatic carbocycles. The molecule has 1 heterocycles. The Balaban J connectivity index is 1.77. The molecule has 6 heteroatoms. The highest BCUT2D eigenvalue weighted by molar-refractivity contribution is 6.30. The summed E-state index contributed by atoms with van der Waals surface area (Å²) in [4.78, 5) is 17.7. The predicted octanol–water partition coefficient (Wildman–Crippen LogP) is 5.73. The van der Waals surface area contributed by atoms with Crippen molar-refractivity contribution >= 4 is 28.5 Å². The second-order valence-electron chi connectivity index (χ2n) is 7.71. The first-order chi connectivity index (χ1) is 13.9. The van der Waals surface area contributed by atoms with Crippen molar-refractivity contribution in [3.63, 3.8) is 0 Å². The average Bonchev–Trinajstić information content (AvgIpc) is 2.73. The maximum Gasteiger partial charge on any atom is 0.314 e. The molecule has 1 aliphatic rings. The van der Waals surface area contributed by atoms with Crippen molar-refractivity contribution in [1.82, 2.24) is 9.88 Å². The van der Waals surface area contributed by atoms with Crippen LogP contribution in [-0.2, 0) is 0 Å². The van der Waals surface area contributed by atoms with Gasteiger partial charge in [0.05, 0.1) is 5.52 Å². The second kappa shape index (κ2) is 7.99. The quantitative estimate of drug-likeness (QED) is 0.598. The number of aromatic nitrogens is 1. The number of rotatable bonds is 3. The van der Waals surface area contributed by atoms with Gasteiger partial charge in [-0.05, 0) is 73.1 Å². The lowest BCUT2D eigenvalue weighted by molar-refractivity contribution is 0.178. The van der Waals surface area contributed by atoms with E-state index in [9.17, 15) is 9.18 Å². The Bertz CT molecular complexity index is 1050. The Labute approximate surface area is 174 Å². The number of hydrogen-bond donors (Lipinski definition) is 1. The van der Waals surface area contributed by atoms with Crippen LogP contribution in [0.1, 0.15) is 37.2 Å². The molecule has 2 amide bonds. The minimum absolute atomic E-state index is 0.146. The molecular formula is C23H23ClFN3O. The zero-order valence-electron chi connectivity index (χ0n) is 16.2. The number of hydrogen-bond acceptors (Lipinski definition) is 2. The third-order valence-electron chi connectivity index (χ3n) is 6.03. The highest BCUT2D eigenvalue weighted by atomic mass is 35.5. The number of urea groups is 1. The monoisotopic (exact) mass is 411 g/mol. The number of primary amides is 1. The molecular weight excluding hydrogens is 389 g/mol. The maximum atomic E-state index is 14.1. The van der Waals surface area contributed by atoms with Gasteiger partial charge in [-0.25, -0.2) is 9.18 Å². The lowest BCUT2D eigenvalue weighted by Crippen LogP contribution is -2.42. The number of nitrogens with two attached hydrogens (primary N) is 1. The molecule has 29 heavy (non-hydrogen) atoms. The fourth-order valence-corrected chi connectivity index (χ4v) is 4.54. The number of nitrogens with zero attached hydrogens (tertiary/aromatic N) is 2. The van der Waals surface area contributed by atoms with Crippen molar-refractivity contribution in [2.24, 2.45) is 5.73 Å². The molecule has 0 bridgehead atoms. The summed E-state index contributed by atoms with van der Waals surface area (Å²) in [5.41, 5.74) is 9.37. The molecule has 0 radical (unpaired) electrons. The molecule has 2 N–H and O–H groups in total. The Morgan fingerprint density at radius 2 is 1.83 bits per heavy atom. The summed E-state index contributed by atoms with van der Waals surface area (Å²) in [6, 6.07) is 12.2. The van der Waals surface area contributed by atoms with Gasteiger partial charge in [0, 0.05) is 35.3 Å². The zero-order chi connectivity index (χ0) is 20.5. The van der Waals surface area contributed by atoms with Gasteiger partial charge < -0.3 is 10.6 Å². The van der Waals surface area contributed by atoms with Gasteiger partial charge in [0.15, 0.2) is 0 Å². The summed E-state index contributed by atoms with van der Waals surface area (Å²) in [5, 5.41) is 1.52. The number of carbonyl (C=O) groups excluding carboxylic acids is 1. The predicted molar refractivity (Wildman–Crippen MR) is 114 cm³/mol. The molecule has 4 rings (SSSR count). The lowest BCUT2D eigenvalue weighted by Gasteiger charge is -2.35. The van der Waals surface area contributed by atoms with Gasteiger partial charge >= 0.3 is 6.03 Å². The van der Waals surface area contributed by atoms with Crippen molar-refractivity contribution in [3.05, 3.63) is 65.1 Å². The summed E-state index contributed by atoms with van der Waals surface area (Å²) >= 11 is 6.07. The maximum absolute atomic E-state index is 14.1. The van der Waals surface area contributed by atoms with Crippen molar-refractivity contribution < 1.29 is 9.18 Å². The van der Waals surface area contributed by atoms with Gasteiger partial charge in [-0.15, -0.1) is 0 Å². The normalized spacial score (nSPS) is 19.3. The summed E-state index contributed by atoms with van der Waals surface area (Å²) in [5.74, 6) is -0.0125. The molecule has 4 nitrogen and oxygen atoms in total. The van der Waals surface area contributed by atoms with Crippen LogP contribution in [0.2, 0.25) is 5.02 Å². The van der Waals surface area contributed by atoms with Crippen LogP contribution < -0.4 is 5.73 Å². The molecule has 1 aromatic heterocycles. The number of amides is 2. The Morgan fingerprint density at radius 3 is 2.48 bits per heavy atom. The first kappa shape index (κ1) is 19.6. The first-order valence-corrected chi connectivity index (χ1v) is 10.2. The van der Waals surface area contributed by atoms with E-state index in [1.54, 1.807) is 24.1 Å². The van der Waals surface area contributed by atoms with Gasteiger partial charge in [-0.1, -0.05) is 23.7 Å². The summed E-state index contributed by atoms with van der Waals surface area (Å²) in [6.45, 7) is 0. The van der Waals surface area contributed by atoms with E-state index in [0.29, 0.717) is 5.02 Å². The van der Waals surface area contributed by atoms with Gasteiger partial charge in [-0.2, -0.15) is 0 Å². The van der Waals surface area contributed by atoms with Gasteiger partial charge in [-0.3, -0.25) is 4.98 Å². The SMILES string of the molecule is CN(C(N)=O)C1CCC(c2c(-c3ccc(Cl)cc3)cnc3ccc(F)cc23)CC1. The van der Waals surface area contributed by atoms with Crippen molar-refractivity contribution in [1.29, 1.82) is 0 Å². The van der Waals surface area contributed by atoms with E-state index in [1.165, 1.54) is 6.07 Å². The van der Waals surface area contributed by atoms with Crippen LogP contribution in [0.3, 0.4) is 0 Å². The third-order valence-corrected chi connectivity index (χ3v) is 6.28. The molecule has 0 atom stereocenters. The smallest absolute Gasteiger partial charge is 0.314 e. The largest absolute Gasteiger partial charge is 0.351 e. The molecule has 3 aromatic rings. The Morgan fingerprint density at radius 1 is 1.14 bits per heavy atom. The average molecular weight is 412 g/mol. The van der Waals surface area contributed by atoms with Crippen molar-refractivity contribution in [2.45, 2.75) is 37.6 Å². The number of pyridine rings is 1. The van der Waals surface area contributed by atoms with E-state index < -0.39 is 6.03 Å². The first-order valence-electron chi connectivity index (χ1n) is 9.80. The summed E-state index contributed by atoms with van der Waals surface area (Å²) in [6.07, 6.45) is 5.41. The molecule has 2 aromatic carbocycles. The molecule has 1 fully saturated rings. The standard InChI is InChI=1S/C23H23ClFN3O/c1-28(23(26)29)18-9-4-15(5-10-18)22-19-12-17(25)8-11-21(19)27-13-20(22)14-2-6-16(24)7-3-14/h2-3,6-8,11-13,15,18H,4-5,9-10H2,1H3,(H2,26,29). The Hall–Kier alpha value is -2.66. The van der Waals surface area contributed by atoms with Crippen LogP contribution in [-0.4, -0.2) is 29.0 Å². The van der Waals surface area contributed by atoms with E-state index in [0.717, 1.165) is 53.3 Å². The summed E-state index contributed by atoms with van der Waals surface area (Å²) in [7, 11) is 1.75. The van der Waals surface area contributed by atoms with E-state index in [1.807, 2.05) is 30.5 Å². The molecule has 150 valence electrons. The third kappa shape index (κ3) is 3.92. The highest BCUT2D eigenvalue weighted by Crippen LogP contribution is 2.42. The van der Waals surface area contributed by atoms with Gasteiger partial charge in [0.2, 0.25) is 0 Å². The lowest BCUT2D eigenvalue weighted by atomic mass is 9.77. The molecule has 0 unspecified atom stereocenters. The van der Waals surface area contributed by atoms with Crippen LogP contribution in [0.5, 0.6) is 0 Å². The van der Waals surface area contributed by atoms with E-state index in [4.69, 9.17) is 17.3 Å². The fourth-order valence-electron chi connectivity index (χ4n) is 4.42. The van der Waals surface area contributed by atoms with Crippen LogP contribution in [0.15, 0.2) is 48.7 Å². The van der Waals surface area contributed by atoms with Gasteiger partial charge in [0.25, 0.3) is 0 Å². The Kier molecular flexibility index (Phi) is 5.41. The van der Waals surface area contributed by atoms with Crippen LogP contribution in [0.4, 0.5) is 9.18 Å². The topological polar surface area (TPSA) is 59.2 Å². The highest BCUT2D eigenvalue weighted by Gasteiger charge is 2.29. The van der Waals surface area contributed by atoms with Crippen LogP contribution in [0, 0.1) is 5.82 Å². The van der Waals surface area contributed by atoms with Gasteiger partial charge in [0.1, 0.15) is 5.82 Å². The number of fused-ring (bicyclic) bond motifs is 1. The number of benzene rings is 2. The minimum atomic E-state index is -0.397. The molecule has 0 saturated heterocycles. The number of halogens is 2. The van der Waals surface area contributed by atoms with Crippen LogP contribution >= 0.6 is 11.6 Å². The van der Waals surface area contributed by atoms with E-state index in [2.05, 4.69) is 4.98 Å². The molecule has 0 spiro atoms. The van der Waals surface area contributed by atoms with E-state index in [-0.39, 0.29) is 17.8 Å². The van der Waals surface area contributed by atoms with Crippen LogP contribution in [0.25, 0.3) is 22.0 Å². The zero-order valence-corrected chi connectivity index (χ0v) is 17.0. The number of carbonyl (C=O) groups is 1. The van der Waals surface area contributed by atoms with Crippen molar-refractivity contribution in [2.75, 3.05) is 7.05 Å². The second-order valence-corrected chi connectivity index (χ2v) is 8.14. The van der Waals surface area contributed by atoms with E-state index >= 15 is 0 Å².